The molecule has 2 N–H and O–H groups in total. The minimum Gasteiger partial charge on any atom is -0.316 e. The molecule has 1 heterocycles. The Morgan fingerprint density at radius 1 is 1.75 bits per heavy atom. The smallest absolute Gasteiger partial charge is 0.0180 e. The summed E-state index contributed by atoms with van der Waals surface area (Å²) >= 11 is 0. The predicted molar refractivity (Wildman–Crippen MR) is 34.9 cm³/mol. The van der Waals surface area contributed by atoms with Crippen LogP contribution in [0.15, 0.2) is 11.6 Å². The van der Waals surface area contributed by atoms with Crippen LogP contribution in [0.1, 0.15) is 0 Å². The first-order valence-corrected chi connectivity index (χ1v) is 2.96. The highest BCUT2D eigenvalue weighted by Gasteiger charge is 2.03. The fourth-order valence-corrected chi connectivity index (χ4v) is 0.660. The van der Waals surface area contributed by atoms with E-state index in [9.17, 15) is 0 Å². The highest BCUT2D eigenvalue weighted by Crippen LogP contribution is 1.97. The Balaban J connectivity index is 2.11. The van der Waals surface area contributed by atoms with Gasteiger partial charge in [0, 0.05) is 19.6 Å². The van der Waals surface area contributed by atoms with Gasteiger partial charge in [0.2, 0.25) is 0 Å². The lowest BCUT2D eigenvalue weighted by Crippen LogP contribution is -2.34. The maximum absolute atomic E-state index is 3.17. The molecule has 1 rings (SSSR count). The van der Waals surface area contributed by atoms with Crippen molar-refractivity contribution in [2.45, 2.75) is 0 Å². The van der Waals surface area contributed by atoms with Crippen LogP contribution in [0.5, 0.6) is 0 Å². The molecule has 0 unspecified atom stereocenters. The van der Waals surface area contributed by atoms with Gasteiger partial charge in [0.05, 0.1) is 0 Å². The van der Waals surface area contributed by atoms with Crippen molar-refractivity contribution in [3.8, 4) is 0 Å². The minimum atomic E-state index is 1.01. The molecule has 1 fully saturated rings. The van der Waals surface area contributed by atoms with Crippen LogP contribution in [0.3, 0.4) is 0 Å². The first-order chi connectivity index (χ1) is 3.93. The van der Waals surface area contributed by atoms with Crippen LogP contribution in [0.25, 0.3) is 0 Å². The van der Waals surface area contributed by atoms with Gasteiger partial charge in [-0.2, -0.15) is 0 Å². The summed E-state index contributed by atoms with van der Waals surface area (Å²) < 4.78 is 0. The van der Waals surface area contributed by atoms with Crippen molar-refractivity contribution in [1.82, 2.24) is 10.6 Å². The largest absolute Gasteiger partial charge is 0.316 e. The van der Waals surface area contributed by atoms with Crippen LogP contribution in [-0.2, 0) is 0 Å². The molecule has 0 bridgehead atoms. The van der Waals surface area contributed by atoms with Crippen LogP contribution in [0.4, 0.5) is 0 Å². The fourth-order valence-electron chi connectivity index (χ4n) is 0.660. The second-order valence-corrected chi connectivity index (χ2v) is 2.02. The monoisotopic (exact) mass is 112 g/mol. The first-order valence-electron chi connectivity index (χ1n) is 2.96. The first kappa shape index (κ1) is 5.79. The van der Waals surface area contributed by atoms with Crippen molar-refractivity contribution in [2.75, 3.05) is 26.7 Å². The fraction of sp³-hybridized carbons (Fsp3) is 0.667. The van der Waals surface area contributed by atoms with E-state index in [4.69, 9.17) is 0 Å². The van der Waals surface area contributed by atoms with E-state index in [1.54, 1.807) is 0 Å². The molecule has 0 aromatic heterocycles. The highest BCUT2D eigenvalue weighted by atomic mass is 14.9. The van der Waals surface area contributed by atoms with E-state index in [2.05, 4.69) is 16.7 Å². The summed E-state index contributed by atoms with van der Waals surface area (Å²) in [6.07, 6.45) is 2.23. The highest BCUT2D eigenvalue weighted by molar-refractivity contribution is 5.14. The Morgan fingerprint density at radius 2 is 2.50 bits per heavy atom. The van der Waals surface area contributed by atoms with Crippen molar-refractivity contribution in [3.05, 3.63) is 11.6 Å². The van der Waals surface area contributed by atoms with Gasteiger partial charge < -0.3 is 10.6 Å². The van der Waals surface area contributed by atoms with Gasteiger partial charge in [0.25, 0.3) is 0 Å². The zero-order valence-corrected chi connectivity index (χ0v) is 5.20. The Morgan fingerprint density at radius 3 is 2.88 bits per heavy atom. The molecule has 0 radical (unpaired) electrons. The molecular formula is C6H12N2. The zero-order valence-electron chi connectivity index (χ0n) is 5.20. The van der Waals surface area contributed by atoms with Gasteiger partial charge in [-0.3, -0.25) is 0 Å². The average Bonchev–Trinajstić information content (AvgIpc) is 1.63. The number of nitrogens with one attached hydrogen (secondary N) is 2. The van der Waals surface area contributed by atoms with E-state index in [-0.39, 0.29) is 0 Å². The van der Waals surface area contributed by atoms with E-state index in [0.717, 1.165) is 19.6 Å². The predicted octanol–water partition coefficient (Wildman–Crippen LogP) is -0.265. The molecule has 1 aliphatic rings. The molecule has 0 aromatic carbocycles. The van der Waals surface area contributed by atoms with E-state index in [0.29, 0.717) is 0 Å². The summed E-state index contributed by atoms with van der Waals surface area (Å²) in [5, 5.41) is 6.24. The second kappa shape index (κ2) is 2.84. The van der Waals surface area contributed by atoms with Crippen LogP contribution < -0.4 is 10.6 Å². The Hall–Kier alpha value is -0.340. The number of hydrogen-bond acceptors (Lipinski definition) is 2. The molecule has 46 valence electrons. The third-order valence-electron chi connectivity index (χ3n) is 1.30. The molecular weight excluding hydrogens is 100 g/mol. The Bertz CT molecular complexity index is 90.7. The molecule has 0 saturated carbocycles. The molecule has 2 nitrogen and oxygen atoms in total. The van der Waals surface area contributed by atoms with E-state index < -0.39 is 0 Å². The Kier molecular flexibility index (Phi) is 2.06. The lowest BCUT2D eigenvalue weighted by molar-refractivity contribution is 0.662. The van der Waals surface area contributed by atoms with Crippen molar-refractivity contribution >= 4 is 0 Å². The molecule has 2 heteroatoms. The molecule has 0 spiro atoms. The molecule has 0 atom stereocenters. The van der Waals surface area contributed by atoms with Crippen LogP contribution in [0.2, 0.25) is 0 Å². The van der Waals surface area contributed by atoms with Crippen molar-refractivity contribution in [3.63, 3.8) is 0 Å². The van der Waals surface area contributed by atoms with Crippen molar-refractivity contribution in [2.24, 2.45) is 0 Å². The summed E-state index contributed by atoms with van der Waals surface area (Å²) in [7, 11) is 1.96. The number of rotatable bonds is 2. The maximum atomic E-state index is 3.17. The van der Waals surface area contributed by atoms with Gasteiger partial charge in [-0.1, -0.05) is 6.08 Å². The topological polar surface area (TPSA) is 24.1 Å². The van der Waals surface area contributed by atoms with E-state index in [1.165, 1.54) is 5.57 Å². The van der Waals surface area contributed by atoms with Crippen LogP contribution >= 0.6 is 0 Å². The van der Waals surface area contributed by atoms with Crippen LogP contribution in [0, 0.1) is 0 Å². The maximum Gasteiger partial charge on any atom is 0.0180 e. The van der Waals surface area contributed by atoms with Gasteiger partial charge >= 0.3 is 0 Å². The second-order valence-electron chi connectivity index (χ2n) is 2.02. The van der Waals surface area contributed by atoms with Gasteiger partial charge in [-0.05, 0) is 12.6 Å². The SMILES string of the molecule is CNCC=C1CNC1. The zero-order chi connectivity index (χ0) is 5.82. The Labute approximate surface area is 50.0 Å². The minimum absolute atomic E-state index is 1.01. The number of hydrogen-bond donors (Lipinski definition) is 2. The van der Waals surface area contributed by atoms with Crippen LogP contribution in [-0.4, -0.2) is 26.7 Å². The molecule has 1 aliphatic heterocycles. The van der Waals surface area contributed by atoms with E-state index >= 15 is 0 Å². The molecule has 0 aromatic rings. The van der Waals surface area contributed by atoms with Crippen molar-refractivity contribution in [1.29, 1.82) is 0 Å². The van der Waals surface area contributed by atoms with Gasteiger partial charge in [0.15, 0.2) is 0 Å². The summed E-state index contributed by atoms with van der Waals surface area (Å²) in [5.41, 5.74) is 1.53. The number of likely N-dealkylation sites (N-methyl/N-ethyl adjacent to an activating group) is 1. The average molecular weight is 112 g/mol. The molecule has 8 heavy (non-hydrogen) atoms. The molecule has 0 amide bonds. The van der Waals surface area contributed by atoms with Gasteiger partial charge in [-0.25, -0.2) is 0 Å². The normalized spacial score (nSPS) is 17.9. The van der Waals surface area contributed by atoms with E-state index in [1.807, 2.05) is 7.05 Å². The summed E-state index contributed by atoms with van der Waals surface area (Å²) in [6.45, 7) is 3.21. The summed E-state index contributed by atoms with van der Waals surface area (Å²) in [4.78, 5) is 0. The summed E-state index contributed by atoms with van der Waals surface area (Å²) in [6, 6.07) is 0. The lowest BCUT2D eigenvalue weighted by Gasteiger charge is -2.18. The third-order valence-corrected chi connectivity index (χ3v) is 1.30. The standard InChI is InChI=1S/C6H12N2/c1-7-3-2-6-4-8-5-6/h2,7-8H,3-5H2,1H3. The van der Waals surface area contributed by atoms with Crippen molar-refractivity contribution < 1.29 is 0 Å². The molecule has 1 saturated heterocycles. The van der Waals surface area contributed by atoms with Gasteiger partial charge in [0.1, 0.15) is 0 Å². The third kappa shape index (κ3) is 1.32. The lowest BCUT2D eigenvalue weighted by atomic mass is 10.1. The molecule has 0 aliphatic carbocycles. The quantitative estimate of drug-likeness (QED) is 0.481. The van der Waals surface area contributed by atoms with Gasteiger partial charge in [-0.15, -0.1) is 0 Å². The summed E-state index contributed by atoms with van der Waals surface area (Å²) in [5.74, 6) is 0.